The number of ether oxygens (including phenoxy) is 1. The number of aromatic nitrogens is 2. The number of likely N-dealkylation sites (tertiary alicyclic amines) is 1. The van der Waals surface area contributed by atoms with E-state index in [1.165, 1.54) is 58.4 Å². The summed E-state index contributed by atoms with van der Waals surface area (Å²) in [4.78, 5) is 17.2. The van der Waals surface area contributed by atoms with Gasteiger partial charge >= 0.3 is 0 Å². The van der Waals surface area contributed by atoms with Gasteiger partial charge in [0.05, 0.1) is 17.3 Å². The standard InChI is InChI=1S/C36H46ClN7O/c1-36(2,30-21-28(24-38)22-31(37)23-30)29-3-5-34(6-4-29)45-26-32-7-12-40-35(41-32)44-17-10-33(11-18-44)43-15-8-27(9-16-43)25-42-19-13-39-14-20-42/h3-7,12,21-23,27,33,39H,8-11,13-20,25-26H2,1-2H3. The van der Waals surface area contributed by atoms with Crippen LogP contribution >= 0.6 is 11.6 Å². The lowest BCUT2D eigenvalue weighted by Crippen LogP contribution is -2.50. The van der Waals surface area contributed by atoms with Gasteiger partial charge in [-0.25, -0.2) is 9.97 Å². The van der Waals surface area contributed by atoms with Gasteiger partial charge in [-0.1, -0.05) is 37.6 Å². The smallest absolute Gasteiger partial charge is 0.225 e. The van der Waals surface area contributed by atoms with Crippen LogP contribution in [0.4, 0.5) is 5.95 Å². The zero-order chi connectivity index (χ0) is 31.2. The van der Waals surface area contributed by atoms with E-state index in [2.05, 4.69) is 57.0 Å². The lowest BCUT2D eigenvalue weighted by Gasteiger charge is -2.42. The summed E-state index contributed by atoms with van der Waals surface area (Å²) in [5, 5.41) is 13.4. The molecule has 9 heteroatoms. The number of halogens is 1. The molecule has 3 fully saturated rings. The first kappa shape index (κ1) is 31.7. The van der Waals surface area contributed by atoms with Crippen LogP contribution in [0.25, 0.3) is 0 Å². The number of rotatable bonds is 9. The van der Waals surface area contributed by atoms with Crippen LogP contribution in [0.2, 0.25) is 5.02 Å². The summed E-state index contributed by atoms with van der Waals surface area (Å²) in [5.74, 6) is 2.45. The second-order valence-corrected chi connectivity index (χ2v) is 13.8. The Morgan fingerprint density at radius 3 is 2.38 bits per heavy atom. The van der Waals surface area contributed by atoms with Gasteiger partial charge in [0.1, 0.15) is 12.4 Å². The van der Waals surface area contributed by atoms with Gasteiger partial charge in [0.15, 0.2) is 0 Å². The number of hydrogen-bond donors (Lipinski definition) is 1. The van der Waals surface area contributed by atoms with Gasteiger partial charge in [0.2, 0.25) is 5.95 Å². The molecule has 45 heavy (non-hydrogen) atoms. The fourth-order valence-corrected chi connectivity index (χ4v) is 7.35. The molecule has 0 aliphatic carbocycles. The van der Waals surface area contributed by atoms with Crippen molar-refractivity contribution in [3.05, 3.63) is 82.1 Å². The number of piperidine rings is 2. The third-order valence-corrected chi connectivity index (χ3v) is 10.3. The van der Waals surface area contributed by atoms with Gasteiger partial charge in [-0.15, -0.1) is 0 Å². The van der Waals surface area contributed by atoms with Crippen molar-refractivity contribution < 1.29 is 4.74 Å². The molecule has 0 radical (unpaired) electrons. The van der Waals surface area contributed by atoms with Crippen molar-refractivity contribution in [2.45, 2.75) is 57.6 Å². The molecule has 8 nitrogen and oxygen atoms in total. The summed E-state index contributed by atoms with van der Waals surface area (Å²) in [7, 11) is 0. The first-order valence-electron chi connectivity index (χ1n) is 16.6. The van der Waals surface area contributed by atoms with E-state index in [0.29, 0.717) is 23.2 Å². The first-order valence-corrected chi connectivity index (χ1v) is 16.9. The fraction of sp³-hybridized carbons (Fsp3) is 0.528. The van der Waals surface area contributed by atoms with E-state index in [9.17, 15) is 5.26 Å². The van der Waals surface area contributed by atoms with Crippen LogP contribution in [0.15, 0.2) is 54.7 Å². The van der Waals surface area contributed by atoms with Crippen LogP contribution < -0.4 is 15.0 Å². The van der Waals surface area contributed by atoms with Crippen molar-refractivity contribution in [3.63, 3.8) is 0 Å². The highest BCUT2D eigenvalue weighted by Gasteiger charge is 2.30. The van der Waals surface area contributed by atoms with Crippen molar-refractivity contribution >= 4 is 17.5 Å². The van der Waals surface area contributed by atoms with Crippen LogP contribution in [0.3, 0.4) is 0 Å². The van der Waals surface area contributed by atoms with Crippen LogP contribution in [-0.4, -0.2) is 84.7 Å². The highest BCUT2D eigenvalue weighted by Crippen LogP contribution is 2.34. The van der Waals surface area contributed by atoms with Crippen LogP contribution in [0.5, 0.6) is 5.75 Å². The molecule has 0 spiro atoms. The molecule has 3 saturated heterocycles. The molecule has 0 amide bonds. The second-order valence-electron chi connectivity index (χ2n) is 13.4. The highest BCUT2D eigenvalue weighted by molar-refractivity contribution is 6.30. The molecule has 2 aromatic carbocycles. The number of nitriles is 1. The Morgan fingerprint density at radius 1 is 0.933 bits per heavy atom. The molecule has 1 N–H and O–H groups in total. The average Bonchev–Trinajstić information content (AvgIpc) is 3.08. The van der Waals surface area contributed by atoms with Gasteiger partial charge in [0.25, 0.3) is 0 Å². The SMILES string of the molecule is CC(C)(c1ccc(OCc2ccnc(N3CCC(N4CCC(CN5CCNCC5)CC4)CC3)n2)cc1)c1cc(Cl)cc(C#N)c1. The minimum Gasteiger partial charge on any atom is -0.487 e. The summed E-state index contributed by atoms with van der Waals surface area (Å²) in [6, 6.07) is 18.5. The van der Waals surface area contributed by atoms with E-state index in [0.717, 1.165) is 60.6 Å². The third kappa shape index (κ3) is 7.96. The topological polar surface area (TPSA) is 80.6 Å². The normalized spacial score (nSPS) is 19.4. The lowest BCUT2D eigenvalue weighted by molar-refractivity contribution is 0.0943. The number of nitrogens with one attached hydrogen (secondary N) is 1. The van der Waals surface area contributed by atoms with E-state index in [1.54, 1.807) is 6.07 Å². The van der Waals surface area contributed by atoms with E-state index in [1.807, 2.05) is 36.5 Å². The van der Waals surface area contributed by atoms with Crippen LogP contribution in [0.1, 0.15) is 61.9 Å². The van der Waals surface area contributed by atoms with E-state index in [-0.39, 0.29) is 5.41 Å². The van der Waals surface area contributed by atoms with Gasteiger partial charge in [0, 0.05) is 68.5 Å². The Balaban J connectivity index is 0.975. The minimum atomic E-state index is -0.314. The van der Waals surface area contributed by atoms with Crippen LogP contribution in [-0.2, 0) is 12.0 Å². The number of anilines is 1. The monoisotopic (exact) mass is 627 g/mol. The maximum absolute atomic E-state index is 9.37. The molecule has 3 aliphatic rings. The molecule has 0 atom stereocenters. The predicted molar refractivity (Wildman–Crippen MR) is 180 cm³/mol. The summed E-state index contributed by atoms with van der Waals surface area (Å²) < 4.78 is 6.13. The zero-order valence-electron chi connectivity index (χ0n) is 26.7. The Kier molecular flexibility index (Phi) is 10.2. The largest absolute Gasteiger partial charge is 0.487 e. The Labute approximate surface area is 273 Å². The van der Waals surface area contributed by atoms with Gasteiger partial charge < -0.3 is 24.8 Å². The molecule has 3 aliphatic heterocycles. The number of hydrogen-bond acceptors (Lipinski definition) is 8. The van der Waals surface area contributed by atoms with E-state index >= 15 is 0 Å². The molecular weight excluding hydrogens is 582 g/mol. The van der Waals surface area contributed by atoms with E-state index < -0.39 is 0 Å². The number of piperazine rings is 1. The first-order chi connectivity index (χ1) is 21.9. The van der Waals surface area contributed by atoms with E-state index in [4.69, 9.17) is 21.3 Å². The maximum atomic E-state index is 9.37. The van der Waals surface area contributed by atoms with Gasteiger partial charge in [-0.05, 0) is 92.2 Å². The summed E-state index contributed by atoms with van der Waals surface area (Å²) in [6.07, 6.45) is 6.86. The third-order valence-electron chi connectivity index (χ3n) is 10.1. The van der Waals surface area contributed by atoms with Gasteiger partial charge in [-0.2, -0.15) is 5.26 Å². The second kappa shape index (κ2) is 14.5. The van der Waals surface area contributed by atoms with Crippen molar-refractivity contribution in [2.24, 2.45) is 5.92 Å². The number of benzene rings is 2. The summed E-state index contributed by atoms with van der Waals surface area (Å²) in [5.41, 5.74) is 3.25. The molecule has 0 unspecified atom stereocenters. The van der Waals surface area contributed by atoms with Gasteiger partial charge in [-0.3, -0.25) is 0 Å². The molecule has 4 heterocycles. The summed E-state index contributed by atoms with van der Waals surface area (Å²) >= 11 is 6.29. The van der Waals surface area contributed by atoms with Crippen molar-refractivity contribution in [1.29, 1.82) is 5.26 Å². The number of nitrogens with zero attached hydrogens (tertiary/aromatic N) is 6. The Hall–Kier alpha value is -3.22. The Bertz CT molecular complexity index is 1450. The quantitative estimate of drug-likeness (QED) is 0.334. The molecule has 0 saturated carbocycles. The minimum absolute atomic E-state index is 0.314. The van der Waals surface area contributed by atoms with Crippen molar-refractivity contribution in [1.82, 2.24) is 25.1 Å². The molecular formula is C36H46ClN7O. The Morgan fingerprint density at radius 2 is 1.67 bits per heavy atom. The fourth-order valence-electron chi connectivity index (χ4n) is 7.11. The molecule has 238 valence electrons. The predicted octanol–water partition coefficient (Wildman–Crippen LogP) is 5.49. The molecule has 1 aromatic heterocycles. The van der Waals surface area contributed by atoms with Crippen LogP contribution in [0, 0.1) is 17.2 Å². The molecule has 6 rings (SSSR count). The molecule has 0 bridgehead atoms. The zero-order valence-corrected chi connectivity index (χ0v) is 27.5. The van der Waals surface area contributed by atoms with Crippen molar-refractivity contribution in [2.75, 3.05) is 63.8 Å². The highest BCUT2D eigenvalue weighted by atomic mass is 35.5. The maximum Gasteiger partial charge on any atom is 0.225 e. The lowest BCUT2D eigenvalue weighted by atomic mass is 9.78. The summed E-state index contributed by atoms with van der Waals surface area (Å²) in [6.45, 7) is 15.1. The average molecular weight is 628 g/mol. The molecule has 3 aromatic rings. The van der Waals surface area contributed by atoms with Crippen molar-refractivity contribution in [3.8, 4) is 11.8 Å².